The van der Waals surface area contributed by atoms with Gasteiger partial charge in [-0.2, -0.15) is 0 Å². The molecule has 2 aliphatic rings. The number of carbonyl (C=O) groups excluding carboxylic acids is 5. The first-order chi connectivity index (χ1) is 22.5. The van der Waals surface area contributed by atoms with Crippen LogP contribution in [0.3, 0.4) is 0 Å². The van der Waals surface area contributed by atoms with Crippen LogP contribution in [0.15, 0.2) is 60.7 Å². The van der Waals surface area contributed by atoms with Crippen molar-refractivity contribution in [2.45, 2.75) is 81.6 Å². The van der Waals surface area contributed by atoms with E-state index in [0.717, 1.165) is 40.9 Å². The third-order valence-electron chi connectivity index (χ3n) is 9.67. The lowest BCUT2D eigenvalue weighted by atomic mass is 9.91. The van der Waals surface area contributed by atoms with Gasteiger partial charge in [-0.25, -0.2) is 4.90 Å². The number of hydrogen-bond donors (Lipinski definition) is 0. The van der Waals surface area contributed by atoms with Gasteiger partial charge in [-0.1, -0.05) is 78.9 Å². The summed E-state index contributed by atoms with van der Waals surface area (Å²) >= 11 is 0. The number of benzene rings is 4. The van der Waals surface area contributed by atoms with E-state index < -0.39 is 29.4 Å². The van der Waals surface area contributed by atoms with E-state index in [1.165, 1.54) is 70.6 Å². The minimum absolute atomic E-state index is 0. The average molecular weight is 659 g/mol. The van der Waals surface area contributed by atoms with Crippen LogP contribution in [0.25, 0.3) is 0 Å². The second kappa shape index (κ2) is 14.1. The molecule has 4 aromatic rings. The smallest absolute Gasteiger partial charge is 0.266 e. The second-order valence-corrected chi connectivity index (χ2v) is 12.4. The summed E-state index contributed by atoms with van der Waals surface area (Å²) in [6, 6.07) is 17.7. The van der Waals surface area contributed by atoms with E-state index in [1.807, 2.05) is 13.8 Å². The van der Waals surface area contributed by atoms with Crippen LogP contribution in [-0.4, -0.2) is 41.4 Å². The van der Waals surface area contributed by atoms with Gasteiger partial charge in [0, 0.05) is 18.2 Å². The van der Waals surface area contributed by atoms with Crippen molar-refractivity contribution in [3.63, 3.8) is 0 Å². The van der Waals surface area contributed by atoms with Crippen LogP contribution in [-0.2, 0) is 32.1 Å². The summed E-state index contributed by atoms with van der Waals surface area (Å²) in [5.74, 6) is -2.17. The highest BCUT2D eigenvalue weighted by Crippen LogP contribution is 2.37. The number of amides is 4. The largest absolute Gasteiger partial charge is 0.289 e. The van der Waals surface area contributed by atoms with Crippen LogP contribution in [0.5, 0.6) is 0 Å². The summed E-state index contributed by atoms with van der Waals surface area (Å²) in [7, 11) is 1.40. The van der Waals surface area contributed by atoms with Gasteiger partial charge < -0.3 is 0 Å². The Labute approximate surface area is 289 Å². The maximum absolute atomic E-state index is 14.0. The predicted octanol–water partition coefficient (Wildman–Crippen LogP) is 8.37. The Kier molecular flexibility index (Phi) is 10.6. The Bertz CT molecular complexity index is 1990. The number of imide groups is 2. The Hall–Kier alpha value is -5.17. The fourth-order valence-corrected chi connectivity index (χ4v) is 7.00. The SMILES string of the molecule is C.C.CCc1cc(Cc2cc(CC)c(N3C(=O)c4ccc(C(=O)c5ccc6c(c5)C(=O)N(C)C6=O)cc4C3=O)c(CC)c2)cc(CC)c1C. The molecule has 0 fully saturated rings. The van der Waals surface area contributed by atoms with E-state index in [2.05, 4.69) is 45.0 Å². The van der Waals surface area contributed by atoms with Gasteiger partial charge in [0.1, 0.15) is 0 Å². The van der Waals surface area contributed by atoms with E-state index in [0.29, 0.717) is 18.5 Å². The molecule has 0 saturated carbocycles. The zero-order chi connectivity index (χ0) is 33.7. The van der Waals surface area contributed by atoms with Crippen LogP contribution < -0.4 is 4.90 Å². The first-order valence-electron chi connectivity index (χ1n) is 16.3. The Morgan fingerprint density at radius 2 is 0.939 bits per heavy atom. The molecular formula is C42H46N2O5. The zero-order valence-electron chi connectivity index (χ0n) is 27.7. The molecule has 0 atom stereocenters. The Balaban J connectivity index is 0.00000270. The molecule has 254 valence electrons. The van der Waals surface area contributed by atoms with E-state index >= 15 is 0 Å². The second-order valence-electron chi connectivity index (χ2n) is 12.4. The molecule has 2 aliphatic heterocycles. The summed E-state index contributed by atoms with van der Waals surface area (Å²) in [4.78, 5) is 68.4. The molecule has 2 heterocycles. The Morgan fingerprint density at radius 1 is 0.551 bits per heavy atom. The summed E-state index contributed by atoms with van der Waals surface area (Å²) in [6.07, 6.45) is 3.98. The minimum atomic E-state index is -0.468. The molecule has 0 saturated heterocycles. The number of ketones is 1. The van der Waals surface area contributed by atoms with Crippen molar-refractivity contribution in [2.75, 3.05) is 11.9 Å². The first-order valence-corrected chi connectivity index (χ1v) is 16.3. The number of rotatable bonds is 9. The van der Waals surface area contributed by atoms with Gasteiger partial charge in [0.05, 0.1) is 27.9 Å². The van der Waals surface area contributed by atoms with Gasteiger partial charge in [0.2, 0.25) is 0 Å². The van der Waals surface area contributed by atoms with E-state index in [-0.39, 0.29) is 48.2 Å². The summed E-state index contributed by atoms with van der Waals surface area (Å²) in [5, 5.41) is 0. The molecule has 7 nitrogen and oxygen atoms in total. The number of nitrogens with zero attached hydrogens (tertiary/aromatic N) is 2. The van der Waals surface area contributed by atoms with Crippen molar-refractivity contribution in [3.05, 3.63) is 133 Å². The molecule has 49 heavy (non-hydrogen) atoms. The number of hydrogen-bond acceptors (Lipinski definition) is 5. The van der Waals surface area contributed by atoms with E-state index in [9.17, 15) is 24.0 Å². The molecule has 0 bridgehead atoms. The molecule has 4 aromatic carbocycles. The van der Waals surface area contributed by atoms with Crippen LogP contribution in [0.4, 0.5) is 5.69 Å². The monoisotopic (exact) mass is 658 g/mol. The molecular weight excluding hydrogens is 612 g/mol. The normalized spacial score (nSPS) is 13.3. The van der Waals surface area contributed by atoms with Crippen molar-refractivity contribution < 1.29 is 24.0 Å². The zero-order valence-corrected chi connectivity index (χ0v) is 27.7. The predicted molar refractivity (Wildman–Crippen MR) is 195 cm³/mol. The highest BCUT2D eigenvalue weighted by Gasteiger charge is 2.39. The summed E-state index contributed by atoms with van der Waals surface area (Å²) in [6.45, 7) is 10.6. The van der Waals surface area contributed by atoms with Crippen molar-refractivity contribution in [1.82, 2.24) is 4.90 Å². The molecule has 7 heteroatoms. The van der Waals surface area contributed by atoms with Crippen molar-refractivity contribution >= 4 is 35.1 Å². The highest BCUT2D eigenvalue weighted by molar-refractivity contribution is 6.35. The van der Waals surface area contributed by atoms with Gasteiger partial charge in [-0.3, -0.25) is 28.9 Å². The van der Waals surface area contributed by atoms with E-state index in [4.69, 9.17) is 0 Å². The molecule has 0 aliphatic carbocycles. The molecule has 4 amide bonds. The molecule has 0 unspecified atom stereocenters. The van der Waals surface area contributed by atoms with Crippen molar-refractivity contribution in [2.24, 2.45) is 0 Å². The van der Waals surface area contributed by atoms with Gasteiger partial charge in [0.25, 0.3) is 23.6 Å². The van der Waals surface area contributed by atoms with Crippen molar-refractivity contribution in [3.8, 4) is 0 Å². The highest BCUT2D eigenvalue weighted by atomic mass is 16.2. The number of carbonyl (C=O) groups is 5. The minimum Gasteiger partial charge on any atom is -0.289 e. The van der Waals surface area contributed by atoms with Gasteiger partial charge in [-0.05, 0) is 102 Å². The third-order valence-corrected chi connectivity index (χ3v) is 9.67. The quantitative estimate of drug-likeness (QED) is 0.133. The van der Waals surface area contributed by atoms with Gasteiger partial charge in [-0.15, -0.1) is 0 Å². The third kappa shape index (κ3) is 6.03. The maximum Gasteiger partial charge on any atom is 0.266 e. The molecule has 0 radical (unpaired) electrons. The summed E-state index contributed by atoms with van der Waals surface area (Å²) < 4.78 is 0. The number of aryl methyl sites for hydroxylation is 4. The van der Waals surface area contributed by atoms with Gasteiger partial charge >= 0.3 is 0 Å². The average Bonchev–Trinajstić information content (AvgIpc) is 3.46. The number of anilines is 1. The fraction of sp³-hybridized carbons (Fsp3) is 0.310. The Morgan fingerprint density at radius 3 is 1.41 bits per heavy atom. The molecule has 0 aromatic heterocycles. The summed E-state index contributed by atoms with van der Waals surface area (Å²) in [5.41, 5.74) is 10.2. The number of fused-ring (bicyclic) bond motifs is 2. The topological polar surface area (TPSA) is 91.8 Å². The van der Waals surface area contributed by atoms with Crippen LogP contribution in [0, 0.1) is 6.92 Å². The fourth-order valence-electron chi connectivity index (χ4n) is 7.00. The van der Waals surface area contributed by atoms with Gasteiger partial charge in [0.15, 0.2) is 5.78 Å². The van der Waals surface area contributed by atoms with Crippen LogP contribution in [0.2, 0.25) is 0 Å². The van der Waals surface area contributed by atoms with Crippen LogP contribution >= 0.6 is 0 Å². The molecule has 0 N–H and O–H groups in total. The maximum atomic E-state index is 14.0. The van der Waals surface area contributed by atoms with E-state index in [1.54, 1.807) is 0 Å². The standard InChI is InChI=1S/C40H38N2O5.2CH4/c1-7-25-16-23(17-26(8-2)22(25)5)15-24-18-27(9-3)35(28(10-4)19-24)42-39(46)32-14-12-30(21-34(32)40(42)47)36(43)29-11-13-31-33(20-29)38(45)41(6)37(31)44;;/h11-14,16-21H,7-10,15H2,1-6H3;2*1H4. The molecule has 0 spiro atoms. The molecule has 6 rings (SSSR count). The van der Waals surface area contributed by atoms with Crippen LogP contribution in [0.1, 0.15) is 139 Å². The lowest BCUT2D eigenvalue weighted by Gasteiger charge is -2.23. The lowest BCUT2D eigenvalue weighted by Crippen LogP contribution is -2.31. The lowest BCUT2D eigenvalue weighted by molar-refractivity contribution is 0.0692. The first kappa shape index (κ1) is 36.7. The van der Waals surface area contributed by atoms with Crippen molar-refractivity contribution in [1.29, 1.82) is 0 Å².